The number of aliphatic hydroxyl groups is 3. The normalized spacial score (nSPS) is 18.1. The molecule has 0 unspecified atom stereocenters. The molecule has 0 bridgehead atoms. The van der Waals surface area contributed by atoms with Crippen molar-refractivity contribution in [1.82, 2.24) is 0 Å². The summed E-state index contributed by atoms with van der Waals surface area (Å²) in [5.41, 5.74) is 1.19. The molecule has 0 heterocycles. The van der Waals surface area contributed by atoms with Crippen molar-refractivity contribution in [1.29, 1.82) is 0 Å². The fourth-order valence-electron chi connectivity index (χ4n) is 2.08. The number of rotatable bonds is 7. The van der Waals surface area contributed by atoms with E-state index < -0.39 is 12.2 Å². The average molecular weight is 252 g/mol. The van der Waals surface area contributed by atoms with Gasteiger partial charge in [-0.15, -0.1) is 0 Å². The van der Waals surface area contributed by atoms with E-state index >= 15 is 0 Å². The fraction of sp³-hybridized carbons (Fsp3) is 0.600. The molecule has 0 aliphatic carbocycles. The van der Waals surface area contributed by atoms with Gasteiger partial charge in [-0.1, -0.05) is 44.2 Å². The van der Waals surface area contributed by atoms with Crippen LogP contribution in [0.2, 0.25) is 0 Å². The zero-order valence-electron chi connectivity index (χ0n) is 11.2. The Morgan fingerprint density at radius 1 is 1.06 bits per heavy atom. The first-order valence-corrected chi connectivity index (χ1v) is 6.57. The van der Waals surface area contributed by atoms with Crippen LogP contribution in [0.15, 0.2) is 30.3 Å². The largest absolute Gasteiger partial charge is 0.396 e. The fourth-order valence-corrected chi connectivity index (χ4v) is 2.08. The molecule has 1 aromatic rings. The van der Waals surface area contributed by atoms with Crippen molar-refractivity contribution in [3.8, 4) is 0 Å². The van der Waals surface area contributed by atoms with Gasteiger partial charge in [0.25, 0.3) is 0 Å². The quantitative estimate of drug-likeness (QED) is 0.691. The highest BCUT2D eigenvalue weighted by Crippen LogP contribution is 2.19. The Bertz CT molecular complexity index is 326. The third-order valence-corrected chi connectivity index (χ3v) is 3.59. The van der Waals surface area contributed by atoms with Crippen LogP contribution < -0.4 is 0 Å². The minimum absolute atomic E-state index is 0.0586. The Balaban J connectivity index is 2.42. The van der Waals surface area contributed by atoms with Gasteiger partial charge in [-0.05, 0) is 18.4 Å². The van der Waals surface area contributed by atoms with Gasteiger partial charge >= 0.3 is 0 Å². The van der Waals surface area contributed by atoms with Gasteiger partial charge in [-0.2, -0.15) is 0 Å². The van der Waals surface area contributed by atoms with E-state index in [0.29, 0.717) is 6.42 Å². The van der Waals surface area contributed by atoms with Crippen LogP contribution in [0.25, 0.3) is 0 Å². The van der Waals surface area contributed by atoms with Gasteiger partial charge < -0.3 is 15.3 Å². The molecule has 0 saturated carbocycles. The molecule has 0 amide bonds. The summed E-state index contributed by atoms with van der Waals surface area (Å²) in [6.45, 7) is 3.55. The Morgan fingerprint density at radius 3 is 2.22 bits per heavy atom. The molecule has 1 aromatic carbocycles. The highest BCUT2D eigenvalue weighted by atomic mass is 16.3. The topological polar surface area (TPSA) is 60.7 Å². The SMILES string of the molecule is C[C@H]([C@@H](O)[C@H](C)CO)[C@H](O)CCc1ccccc1. The first-order valence-electron chi connectivity index (χ1n) is 6.57. The van der Waals surface area contributed by atoms with Gasteiger partial charge in [0.05, 0.1) is 12.2 Å². The van der Waals surface area contributed by atoms with Crippen molar-refractivity contribution in [2.24, 2.45) is 11.8 Å². The van der Waals surface area contributed by atoms with E-state index in [1.54, 1.807) is 6.92 Å². The van der Waals surface area contributed by atoms with Gasteiger partial charge in [0.15, 0.2) is 0 Å². The Hall–Kier alpha value is -0.900. The summed E-state index contributed by atoms with van der Waals surface area (Å²) in [6.07, 6.45) is 0.211. The number of hydrogen-bond acceptors (Lipinski definition) is 3. The minimum Gasteiger partial charge on any atom is -0.396 e. The molecule has 0 spiro atoms. The van der Waals surface area contributed by atoms with Crippen molar-refractivity contribution in [3.05, 3.63) is 35.9 Å². The lowest BCUT2D eigenvalue weighted by atomic mass is 9.87. The van der Waals surface area contributed by atoms with Crippen LogP contribution in [0, 0.1) is 11.8 Å². The van der Waals surface area contributed by atoms with E-state index in [1.165, 1.54) is 5.56 Å². The van der Waals surface area contributed by atoms with Gasteiger partial charge in [0.2, 0.25) is 0 Å². The summed E-state index contributed by atoms with van der Waals surface area (Å²) < 4.78 is 0. The van der Waals surface area contributed by atoms with Crippen LogP contribution in [0.4, 0.5) is 0 Å². The van der Waals surface area contributed by atoms with E-state index in [2.05, 4.69) is 0 Å². The molecule has 0 fully saturated rings. The first-order chi connectivity index (χ1) is 8.56. The van der Waals surface area contributed by atoms with E-state index in [4.69, 9.17) is 5.11 Å². The molecular weight excluding hydrogens is 228 g/mol. The van der Waals surface area contributed by atoms with E-state index in [0.717, 1.165) is 6.42 Å². The molecule has 0 aliphatic heterocycles. The lowest BCUT2D eigenvalue weighted by molar-refractivity contribution is -0.0217. The Morgan fingerprint density at radius 2 is 1.67 bits per heavy atom. The molecule has 0 aromatic heterocycles. The summed E-state index contributed by atoms with van der Waals surface area (Å²) in [6, 6.07) is 9.99. The van der Waals surface area contributed by atoms with Crippen LogP contribution in [-0.2, 0) is 6.42 Å². The highest BCUT2D eigenvalue weighted by Gasteiger charge is 2.26. The van der Waals surface area contributed by atoms with E-state index in [-0.39, 0.29) is 18.4 Å². The summed E-state index contributed by atoms with van der Waals surface area (Å²) in [5, 5.41) is 29.0. The maximum absolute atomic E-state index is 10.1. The molecule has 3 N–H and O–H groups in total. The van der Waals surface area contributed by atoms with Gasteiger partial charge in [0.1, 0.15) is 0 Å². The molecule has 4 atom stereocenters. The van der Waals surface area contributed by atoms with Crippen LogP contribution in [0.5, 0.6) is 0 Å². The number of aliphatic hydroxyl groups excluding tert-OH is 3. The van der Waals surface area contributed by atoms with Crippen LogP contribution in [0.3, 0.4) is 0 Å². The summed E-state index contributed by atoms with van der Waals surface area (Å²) >= 11 is 0. The van der Waals surface area contributed by atoms with Crippen molar-refractivity contribution >= 4 is 0 Å². The predicted molar refractivity (Wildman–Crippen MR) is 72.2 cm³/mol. The molecular formula is C15H24O3. The highest BCUT2D eigenvalue weighted by molar-refractivity contribution is 5.14. The second-order valence-electron chi connectivity index (χ2n) is 5.10. The van der Waals surface area contributed by atoms with Gasteiger partial charge in [-0.25, -0.2) is 0 Å². The van der Waals surface area contributed by atoms with Crippen LogP contribution in [-0.4, -0.2) is 34.1 Å². The molecule has 3 nitrogen and oxygen atoms in total. The summed E-state index contributed by atoms with van der Waals surface area (Å²) in [5.74, 6) is -0.428. The van der Waals surface area contributed by atoms with Crippen LogP contribution in [0.1, 0.15) is 25.8 Å². The van der Waals surface area contributed by atoms with E-state index in [9.17, 15) is 10.2 Å². The second kappa shape index (κ2) is 7.52. The third-order valence-electron chi connectivity index (χ3n) is 3.59. The van der Waals surface area contributed by atoms with Crippen LogP contribution >= 0.6 is 0 Å². The van der Waals surface area contributed by atoms with Crippen molar-refractivity contribution < 1.29 is 15.3 Å². The van der Waals surface area contributed by atoms with Crippen molar-refractivity contribution in [2.75, 3.05) is 6.61 Å². The summed E-state index contributed by atoms with van der Waals surface area (Å²) in [4.78, 5) is 0. The molecule has 3 heteroatoms. The maximum atomic E-state index is 10.1. The molecule has 0 radical (unpaired) electrons. The number of hydrogen-bond donors (Lipinski definition) is 3. The molecule has 0 saturated heterocycles. The number of aryl methyl sites for hydroxylation is 1. The van der Waals surface area contributed by atoms with Gasteiger partial charge in [0, 0.05) is 18.4 Å². The van der Waals surface area contributed by atoms with E-state index in [1.807, 2.05) is 37.3 Å². The smallest absolute Gasteiger partial charge is 0.0637 e. The van der Waals surface area contributed by atoms with Crippen molar-refractivity contribution in [3.63, 3.8) is 0 Å². The molecule has 102 valence electrons. The minimum atomic E-state index is -0.666. The Kier molecular flexibility index (Phi) is 6.33. The van der Waals surface area contributed by atoms with Crippen molar-refractivity contribution in [2.45, 2.75) is 38.9 Å². The number of benzene rings is 1. The zero-order chi connectivity index (χ0) is 13.5. The standard InChI is InChI=1S/C15H24O3/c1-11(10-16)15(18)12(2)14(17)9-8-13-6-4-3-5-7-13/h3-7,11-12,14-18H,8-10H2,1-2H3/t11-,12+,14-,15+/m1/s1. The average Bonchev–Trinajstić information content (AvgIpc) is 2.43. The lowest BCUT2D eigenvalue weighted by Crippen LogP contribution is -2.35. The third kappa shape index (κ3) is 4.41. The molecule has 0 aliphatic rings. The maximum Gasteiger partial charge on any atom is 0.0637 e. The monoisotopic (exact) mass is 252 g/mol. The predicted octanol–water partition coefficient (Wildman–Crippen LogP) is 1.61. The zero-order valence-corrected chi connectivity index (χ0v) is 11.2. The Labute approximate surface area is 109 Å². The molecule has 18 heavy (non-hydrogen) atoms. The lowest BCUT2D eigenvalue weighted by Gasteiger charge is -2.27. The summed E-state index contributed by atoms with van der Waals surface area (Å²) in [7, 11) is 0. The molecule has 1 rings (SSSR count). The van der Waals surface area contributed by atoms with Gasteiger partial charge in [-0.3, -0.25) is 0 Å². The second-order valence-corrected chi connectivity index (χ2v) is 5.10. The first kappa shape index (κ1) is 15.2.